The van der Waals surface area contributed by atoms with Crippen LogP contribution in [0.15, 0.2) is 236 Å². The Hall–Kier alpha value is -7.68. The van der Waals surface area contributed by atoms with Gasteiger partial charge in [-0.3, -0.25) is 0 Å². The van der Waals surface area contributed by atoms with Crippen LogP contribution in [-0.2, 0) is 5.41 Å². The summed E-state index contributed by atoms with van der Waals surface area (Å²) in [5.74, 6) is 4.68. The predicted octanol–water partition coefficient (Wildman–Crippen LogP) is 18.8. The van der Waals surface area contributed by atoms with Gasteiger partial charge in [-0.05, 0) is 172 Å². The third-order valence-electron chi connectivity index (χ3n) is 20.9. The quantitative estimate of drug-likeness (QED) is 0.147. The fourth-order valence-electron chi connectivity index (χ4n) is 18.0. The molecule has 0 aliphatic heterocycles. The van der Waals surface area contributed by atoms with Crippen molar-refractivity contribution in [1.29, 1.82) is 0 Å². The Labute approximate surface area is 441 Å². The zero-order chi connectivity index (χ0) is 49.0. The summed E-state index contributed by atoms with van der Waals surface area (Å²) in [4.78, 5) is 2.62. The normalized spacial score (nSPS) is 27.1. The number of nitrogens with zero attached hydrogens (tertiary/aromatic N) is 2. The average Bonchev–Trinajstić information content (AvgIpc) is 2.76. The zero-order valence-corrected chi connectivity index (χ0v) is 42.5. The van der Waals surface area contributed by atoms with E-state index >= 15 is 0 Å². The molecule has 2 spiro atoms. The van der Waals surface area contributed by atoms with Gasteiger partial charge in [-0.2, -0.15) is 0 Å². The maximum Gasteiger partial charge on any atom is 0.0547 e. The number of aromatic nitrogens is 1. The number of fused-ring (bicyclic) bond motifs is 11. The molecule has 6 atom stereocenters. The van der Waals surface area contributed by atoms with Crippen molar-refractivity contribution in [2.24, 2.45) is 40.9 Å². The van der Waals surface area contributed by atoms with Crippen molar-refractivity contribution >= 4 is 38.9 Å². The van der Waals surface area contributed by atoms with Crippen LogP contribution in [-0.4, -0.2) is 4.57 Å². The fourth-order valence-corrected chi connectivity index (χ4v) is 18.0. The number of para-hydroxylation sites is 4. The molecule has 9 aromatic rings. The average molecular weight is 965 g/mol. The van der Waals surface area contributed by atoms with E-state index in [2.05, 4.69) is 234 Å². The SMILES string of the molecule is C1=CC2=CC=CC(c3ccccc3N(c3ccc(-c4ccc5c6ccccc6n(-c6ccccc6)c5c4)cc3)c3ccccc3-c3ccc4c(c3)C3(c5ccccc5-4)C4CC5CC6CC3C564)C2C(C2CCCCC2)=C1. The van der Waals surface area contributed by atoms with Gasteiger partial charge >= 0.3 is 0 Å². The summed E-state index contributed by atoms with van der Waals surface area (Å²) in [5, 5.41) is 2.55. The summed E-state index contributed by atoms with van der Waals surface area (Å²) in [6.45, 7) is 0. The molecule has 17 rings (SSSR count). The lowest BCUT2D eigenvalue weighted by Crippen LogP contribution is -2.88. The van der Waals surface area contributed by atoms with Crippen molar-refractivity contribution < 1.29 is 0 Å². The Balaban J connectivity index is 0.823. The van der Waals surface area contributed by atoms with Crippen LogP contribution in [0.1, 0.15) is 74.0 Å². The first-order valence-corrected chi connectivity index (χ1v) is 28.4. The molecule has 1 aromatic heterocycles. The fraction of sp³-hybridized carbons (Fsp3) is 0.233. The number of hydrogen-bond donors (Lipinski definition) is 0. The lowest BCUT2D eigenvalue weighted by atomic mass is 9.11. The van der Waals surface area contributed by atoms with Crippen molar-refractivity contribution in [3.05, 3.63) is 252 Å². The van der Waals surface area contributed by atoms with Crippen LogP contribution in [0.4, 0.5) is 17.1 Å². The van der Waals surface area contributed by atoms with Crippen molar-refractivity contribution in [2.45, 2.75) is 62.7 Å². The molecular formula is C73H60N2. The highest BCUT2D eigenvalue weighted by molar-refractivity contribution is 6.10. The van der Waals surface area contributed by atoms with Crippen LogP contribution < -0.4 is 4.90 Å². The van der Waals surface area contributed by atoms with Gasteiger partial charge in [0.1, 0.15) is 0 Å². The molecule has 8 aliphatic carbocycles. The van der Waals surface area contributed by atoms with Crippen molar-refractivity contribution in [3.8, 4) is 39.1 Å². The molecule has 362 valence electrons. The van der Waals surface area contributed by atoms with E-state index in [1.54, 1.807) is 16.7 Å². The predicted molar refractivity (Wildman–Crippen MR) is 310 cm³/mol. The Morgan fingerprint density at radius 3 is 2.03 bits per heavy atom. The summed E-state index contributed by atoms with van der Waals surface area (Å²) in [5.41, 5.74) is 23.7. The molecule has 0 radical (unpaired) electrons. The van der Waals surface area contributed by atoms with E-state index in [4.69, 9.17) is 0 Å². The van der Waals surface area contributed by atoms with E-state index in [0.29, 0.717) is 17.3 Å². The minimum atomic E-state index is 0.154. The van der Waals surface area contributed by atoms with Crippen LogP contribution in [0.25, 0.3) is 60.9 Å². The second kappa shape index (κ2) is 15.9. The summed E-state index contributed by atoms with van der Waals surface area (Å²) in [7, 11) is 0. The van der Waals surface area contributed by atoms with Crippen LogP contribution in [0, 0.1) is 40.9 Å². The van der Waals surface area contributed by atoms with E-state index in [1.807, 2.05) is 0 Å². The summed E-state index contributed by atoms with van der Waals surface area (Å²) < 4.78 is 2.43. The molecule has 75 heavy (non-hydrogen) atoms. The Morgan fingerprint density at radius 2 is 1.19 bits per heavy atom. The van der Waals surface area contributed by atoms with Gasteiger partial charge in [0, 0.05) is 50.6 Å². The van der Waals surface area contributed by atoms with Gasteiger partial charge in [-0.15, -0.1) is 0 Å². The molecule has 0 amide bonds. The summed E-state index contributed by atoms with van der Waals surface area (Å²) in [6.07, 6.45) is 25.4. The third-order valence-corrected chi connectivity index (χ3v) is 20.9. The molecule has 5 fully saturated rings. The van der Waals surface area contributed by atoms with Gasteiger partial charge in [-0.25, -0.2) is 0 Å². The number of benzene rings is 8. The number of anilines is 3. The van der Waals surface area contributed by atoms with Gasteiger partial charge in [0.05, 0.1) is 16.7 Å². The van der Waals surface area contributed by atoms with Crippen molar-refractivity contribution in [3.63, 3.8) is 0 Å². The van der Waals surface area contributed by atoms with Gasteiger partial charge in [0.2, 0.25) is 0 Å². The molecule has 1 heterocycles. The van der Waals surface area contributed by atoms with E-state index in [0.717, 1.165) is 29.4 Å². The number of rotatable bonds is 8. The topological polar surface area (TPSA) is 8.17 Å². The van der Waals surface area contributed by atoms with E-state index in [9.17, 15) is 0 Å². The molecule has 0 saturated heterocycles. The number of hydrogen-bond acceptors (Lipinski definition) is 1. The Morgan fingerprint density at radius 1 is 0.493 bits per heavy atom. The molecule has 8 aliphatic rings. The van der Waals surface area contributed by atoms with E-state index in [1.165, 1.54) is 135 Å². The highest BCUT2D eigenvalue weighted by atomic mass is 15.1. The van der Waals surface area contributed by atoms with Crippen molar-refractivity contribution in [1.82, 2.24) is 4.57 Å². The monoisotopic (exact) mass is 964 g/mol. The summed E-state index contributed by atoms with van der Waals surface area (Å²) in [6, 6.07) is 72.1. The number of allylic oxidation sites excluding steroid dienone is 8. The lowest BCUT2D eigenvalue weighted by Gasteiger charge is -2.92. The molecule has 2 heteroatoms. The standard InChI is InChI=1S/C73H60N2/c1-3-17-47(18-4-1)56-27-15-19-48-20-16-28-62(71(48)56)60-26-10-14-32-67(60)74(54-37-33-46(34-38-54)49-35-40-61-59-25-9-13-31-66(59)75(68(61)42-49)53-21-5-2-6-22-53)65-30-12-8-23-55(65)50-36-39-58-57-24-7-11-29-63(57)73(64(58)41-50)69-44-51-43-52-45-70(73)72(51,52)69/h2,5-16,19-42,47,51-52,62,69-71H,1,3-4,17-18,43-45H2. The second-order valence-corrected chi connectivity index (χ2v) is 23.7. The zero-order valence-electron chi connectivity index (χ0n) is 42.5. The molecule has 0 bridgehead atoms. The first-order chi connectivity index (χ1) is 37.2. The molecule has 0 N–H and O–H groups in total. The molecule has 2 nitrogen and oxygen atoms in total. The van der Waals surface area contributed by atoms with E-state index in [-0.39, 0.29) is 11.3 Å². The van der Waals surface area contributed by atoms with E-state index < -0.39 is 0 Å². The second-order valence-electron chi connectivity index (χ2n) is 23.7. The van der Waals surface area contributed by atoms with Crippen molar-refractivity contribution in [2.75, 3.05) is 4.90 Å². The van der Waals surface area contributed by atoms with Gasteiger partial charge in [-0.1, -0.05) is 195 Å². The molecule has 6 unspecified atom stereocenters. The first kappa shape index (κ1) is 42.7. The highest BCUT2D eigenvalue weighted by Crippen LogP contribution is 2.95. The maximum absolute atomic E-state index is 2.68. The molecule has 5 saturated carbocycles. The van der Waals surface area contributed by atoms with Crippen LogP contribution in [0.5, 0.6) is 0 Å². The first-order valence-electron chi connectivity index (χ1n) is 28.4. The van der Waals surface area contributed by atoms with Crippen LogP contribution in [0.3, 0.4) is 0 Å². The third kappa shape index (κ3) is 5.65. The summed E-state index contributed by atoms with van der Waals surface area (Å²) >= 11 is 0. The Bertz CT molecular complexity index is 3940. The van der Waals surface area contributed by atoms with Gasteiger partial charge in [0.25, 0.3) is 0 Å². The van der Waals surface area contributed by atoms with Gasteiger partial charge < -0.3 is 9.47 Å². The molecule has 8 aromatic carbocycles. The van der Waals surface area contributed by atoms with Crippen LogP contribution in [0.2, 0.25) is 0 Å². The minimum Gasteiger partial charge on any atom is -0.310 e. The highest BCUT2D eigenvalue weighted by Gasteiger charge is 2.90. The lowest BCUT2D eigenvalue weighted by molar-refractivity contribution is -0.412. The smallest absolute Gasteiger partial charge is 0.0547 e. The molecular weight excluding hydrogens is 905 g/mol. The maximum atomic E-state index is 2.68. The largest absolute Gasteiger partial charge is 0.310 e. The minimum absolute atomic E-state index is 0.154. The van der Waals surface area contributed by atoms with Gasteiger partial charge in [0.15, 0.2) is 0 Å². The van der Waals surface area contributed by atoms with Crippen LogP contribution >= 0.6 is 0 Å². The Kier molecular flexibility index (Phi) is 9.05.